The van der Waals surface area contributed by atoms with Gasteiger partial charge in [-0.1, -0.05) is 36.4 Å². The molecule has 1 atom stereocenters. The number of Topliss-reactive ketones (excluding diaryl/α,β-unsaturated/α-hetero) is 1. The maximum Gasteiger partial charge on any atom is 0.184 e. The smallest absolute Gasteiger partial charge is 0.184 e. The van der Waals surface area contributed by atoms with Gasteiger partial charge >= 0.3 is 0 Å². The predicted molar refractivity (Wildman–Crippen MR) is 78.7 cm³/mol. The first kappa shape index (κ1) is 14.6. The summed E-state index contributed by atoms with van der Waals surface area (Å²) in [6.45, 7) is 0. The van der Waals surface area contributed by atoms with E-state index in [-0.39, 0.29) is 5.78 Å². The highest BCUT2D eigenvalue weighted by Crippen LogP contribution is 2.31. The Kier molecular flexibility index (Phi) is 4.57. The first-order valence-electron chi connectivity index (χ1n) is 6.42. The van der Waals surface area contributed by atoms with Crippen LogP contribution in [0.25, 0.3) is 0 Å². The molecule has 0 fully saturated rings. The zero-order valence-corrected chi connectivity index (χ0v) is 11.9. The van der Waals surface area contributed by atoms with Crippen molar-refractivity contribution < 1.29 is 14.3 Å². The molecule has 0 aliphatic rings. The lowest BCUT2D eigenvalue weighted by atomic mass is 9.91. The Balaban J connectivity index is 2.39. The Morgan fingerprint density at radius 3 is 2.29 bits per heavy atom. The van der Waals surface area contributed by atoms with E-state index in [0.717, 1.165) is 0 Å². The van der Waals surface area contributed by atoms with Crippen LogP contribution in [0.1, 0.15) is 21.8 Å². The van der Waals surface area contributed by atoms with Crippen molar-refractivity contribution in [2.75, 3.05) is 14.2 Å². The molecule has 2 rings (SSSR count). The molecule has 0 radical (unpaired) electrons. The third-order valence-corrected chi connectivity index (χ3v) is 3.19. The topological polar surface area (TPSA) is 59.3 Å². The molecule has 0 N–H and O–H groups in total. The van der Waals surface area contributed by atoms with E-state index in [1.807, 2.05) is 6.07 Å². The molecule has 0 bridgehead atoms. The zero-order valence-electron chi connectivity index (χ0n) is 11.9. The van der Waals surface area contributed by atoms with Gasteiger partial charge in [0, 0.05) is 5.56 Å². The molecule has 106 valence electrons. The predicted octanol–water partition coefficient (Wildman–Crippen LogP) is 3.19. The fraction of sp³-hybridized carbons (Fsp3) is 0.176. The summed E-state index contributed by atoms with van der Waals surface area (Å²) in [4.78, 5) is 12.4. The number of nitrogens with zero attached hydrogens (tertiary/aromatic N) is 1. The van der Waals surface area contributed by atoms with Gasteiger partial charge in [0.05, 0.1) is 20.3 Å². The van der Waals surface area contributed by atoms with Gasteiger partial charge in [0.15, 0.2) is 17.3 Å². The van der Waals surface area contributed by atoms with Crippen LogP contribution in [-0.4, -0.2) is 20.0 Å². The van der Waals surface area contributed by atoms with Crippen LogP contribution in [0, 0.1) is 11.3 Å². The Morgan fingerprint density at radius 1 is 1.05 bits per heavy atom. The molecular weight excluding hydrogens is 266 g/mol. The second kappa shape index (κ2) is 6.58. The molecule has 0 saturated carbocycles. The van der Waals surface area contributed by atoms with Crippen molar-refractivity contribution in [2.24, 2.45) is 0 Å². The Labute approximate surface area is 123 Å². The van der Waals surface area contributed by atoms with Crippen molar-refractivity contribution in [2.45, 2.75) is 5.92 Å². The maximum atomic E-state index is 12.4. The van der Waals surface area contributed by atoms with Gasteiger partial charge in [-0.25, -0.2) is 0 Å². The maximum absolute atomic E-state index is 12.4. The number of nitriles is 1. The Hall–Kier alpha value is -2.80. The van der Waals surface area contributed by atoms with E-state index in [9.17, 15) is 10.1 Å². The van der Waals surface area contributed by atoms with Crippen molar-refractivity contribution in [1.82, 2.24) is 0 Å². The summed E-state index contributed by atoms with van der Waals surface area (Å²) in [5, 5.41) is 9.36. The summed E-state index contributed by atoms with van der Waals surface area (Å²) in [6.07, 6.45) is 0. The molecule has 2 aromatic carbocycles. The summed E-state index contributed by atoms with van der Waals surface area (Å²) >= 11 is 0. The number of benzene rings is 2. The van der Waals surface area contributed by atoms with Crippen LogP contribution >= 0.6 is 0 Å². The van der Waals surface area contributed by atoms with Gasteiger partial charge in [0.25, 0.3) is 0 Å². The first-order chi connectivity index (χ1) is 10.2. The summed E-state index contributed by atoms with van der Waals surface area (Å²) in [6, 6.07) is 15.9. The lowest BCUT2D eigenvalue weighted by molar-refractivity contribution is 0.0979. The van der Waals surface area contributed by atoms with E-state index in [1.165, 1.54) is 14.2 Å². The first-order valence-corrected chi connectivity index (χ1v) is 6.42. The Bertz CT molecular complexity index is 674. The minimum atomic E-state index is -0.868. The van der Waals surface area contributed by atoms with Crippen molar-refractivity contribution in [3.8, 4) is 17.6 Å². The number of hydrogen-bond acceptors (Lipinski definition) is 4. The molecule has 1 unspecified atom stereocenters. The van der Waals surface area contributed by atoms with E-state index >= 15 is 0 Å². The second-order valence-electron chi connectivity index (χ2n) is 4.41. The fourth-order valence-corrected chi connectivity index (χ4v) is 2.09. The highest BCUT2D eigenvalue weighted by molar-refractivity contribution is 6.02. The van der Waals surface area contributed by atoms with Crippen LogP contribution in [-0.2, 0) is 0 Å². The van der Waals surface area contributed by atoms with E-state index in [4.69, 9.17) is 9.47 Å². The fourth-order valence-electron chi connectivity index (χ4n) is 2.09. The van der Waals surface area contributed by atoms with E-state index in [0.29, 0.717) is 22.6 Å². The van der Waals surface area contributed by atoms with Gasteiger partial charge in [-0.05, 0) is 17.7 Å². The summed E-state index contributed by atoms with van der Waals surface area (Å²) < 4.78 is 10.4. The van der Waals surface area contributed by atoms with Gasteiger partial charge in [-0.15, -0.1) is 0 Å². The highest BCUT2D eigenvalue weighted by atomic mass is 16.5. The van der Waals surface area contributed by atoms with Gasteiger partial charge < -0.3 is 9.47 Å². The average molecular weight is 281 g/mol. The van der Waals surface area contributed by atoms with Crippen molar-refractivity contribution >= 4 is 5.78 Å². The highest BCUT2D eigenvalue weighted by Gasteiger charge is 2.22. The molecule has 0 saturated heterocycles. The normalized spacial score (nSPS) is 11.3. The van der Waals surface area contributed by atoms with E-state index in [2.05, 4.69) is 6.07 Å². The number of carbonyl (C=O) groups excluding carboxylic acids is 1. The number of hydrogen-bond donors (Lipinski definition) is 0. The quantitative estimate of drug-likeness (QED) is 0.790. The summed E-state index contributed by atoms with van der Waals surface area (Å²) in [5.74, 6) is -0.0428. The van der Waals surface area contributed by atoms with Crippen molar-refractivity contribution in [3.63, 3.8) is 0 Å². The monoisotopic (exact) mass is 281 g/mol. The third-order valence-electron chi connectivity index (χ3n) is 3.19. The molecule has 21 heavy (non-hydrogen) atoms. The van der Waals surface area contributed by atoms with Crippen LogP contribution < -0.4 is 9.47 Å². The van der Waals surface area contributed by atoms with E-state index < -0.39 is 5.92 Å². The molecular formula is C17H15NO3. The van der Waals surface area contributed by atoms with Gasteiger partial charge in [-0.2, -0.15) is 5.26 Å². The van der Waals surface area contributed by atoms with Crippen molar-refractivity contribution in [1.29, 1.82) is 5.26 Å². The van der Waals surface area contributed by atoms with Crippen molar-refractivity contribution in [3.05, 3.63) is 59.7 Å². The van der Waals surface area contributed by atoms with Crippen LogP contribution in [0.2, 0.25) is 0 Å². The number of rotatable bonds is 5. The molecule has 4 heteroatoms. The number of carbonyl (C=O) groups is 1. The largest absolute Gasteiger partial charge is 0.493 e. The van der Waals surface area contributed by atoms with Gasteiger partial charge in [0.2, 0.25) is 0 Å². The molecule has 0 aromatic heterocycles. The Morgan fingerprint density at radius 2 is 1.71 bits per heavy atom. The summed E-state index contributed by atoms with van der Waals surface area (Å²) in [7, 11) is 3.05. The molecule has 0 heterocycles. The van der Waals surface area contributed by atoms with Crippen LogP contribution in [0.15, 0.2) is 48.5 Å². The molecule has 2 aromatic rings. The minimum Gasteiger partial charge on any atom is -0.493 e. The summed E-state index contributed by atoms with van der Waals surface area (Å²) in [5.41, 5.74) is 1.10. The molecule has 0 aliphatic heterocycles. The van der Waals surface area contributed by atoms with Gasteiger partial charge in [-0.3, -0.25) is 4.79 Å². The standard InChI is InChI=1S/C17H15NO3/c1-20-15-9-8-13(10-16(15)21-2)14(11-18)17(19)12-6-4-3-5-7-12/h3-10,14H,1-2H3. The minimum absolute atomic E-state index is 0.231. The number of ether oxygens (including phenoxy) is 2. The zero-order chi connectivity index (χ0) is 15.2. The molecule has 0 amide bonds. The van der Waals surface area contributed by atoms with E-state index in [1.54, 1.807) is 42.5 Å². The number of methoxy groups -OCH3 is 2. The molecule has 0 spiro atoms. The van der Waals surface area contributed by atoms with Crippen LogP contribution in [0.3, 0.4) is 0 Å². The number of ketones is 1. The molecule has 0 aliphatic carbocycles. The lowest BCUT2D eigenvalue weighted by Gasteiger charge is -2.12. The van der Waals surface area contributed by atoms with Gasteiger partial charge in [0.1, 0.15) is 5.92 Å². The van der Waals surface area contributed by atoms with Crippen LogP contribution in [0.5, 0.6) is 11.5 Å². The second-order valence-corrected chi connectivity index (χ2v) is 4.41. The van der Waals surface area contributed by atoms with Crippen LogP contribution in [0.4, 0.5) is 0 Å². The third kappa shape index (κ3) is 3.03. The molecule has 4 nitrogen and oxygen atoms in total. The SMILES string of the molecule is COc1ccc(C(C#N)C(=O)c2ccccc2)cc1OC. The lowest BCUT2D eigenvalue weighted by Crippen LogP contribution is -2.11. The average Bonchev–Trinajstić information content (AvgIpc) is 2.56.